The molecular formula is C19H21N5O3S. The fourth-order valence-corrected chi connectivity index (χ4v) is 4.69. The fraction of sp³-hybridized carbons (Fsp3) is 0.368. The first-order chi connectivity index (χ1) is 13.7. The van der Waals surface area contributed by atoms with Crippen LogP contribution in [-0.2, 0) is 4.79 Å². The molecule has 0 radical (unpaired) electrons. The first-order valence-electron chi connectivity index (χ1n) is 9.18. The van der Waals surface area contributed by atoms with Crippen molar-refractivity contribution in [2.75, 3.05) is 19.6 Å². The summed E-state index contributed by atoms with van der Waals surface area (Å²) in [6.45, 7) is 3.05. The highest BCUT2D eigenvalue weighted by atomic mass is 32.1. The number of hydrogen-bond acceptors (Lipinski definition) is 6. The van der Waals surface area contributed by atoms with Gasteiger partial charge in [0.05, 0.1) is 5.52 Å². The van der Waals surface area contributed by atoms with Gasteiger partial charge < -0.3 is 15.3 Å². The largest absolute Gasteiger partial charge is 0.483 e. The topological polar surface area (TPSA) is 111 Å². The van der Waals surface area contributed by atoms with Crippen molar-refractivity contribution in [3.8, 4) is 10.6 Å². The third-order valence-electron chi connectivity index (χ3n) is 5.43. The molecule has 3 fully saturated rings. The number of amides is 1. The van der Waals surface area contributed by atoms with Crippen molar-refractivity contribution in [2.24, 2.45) is 5.92 Å². The standard InChI is InChI=1S/C18H19N5OS.CH2O2/c24-17(20-15-10-23-6-3-11(15)4-7-23)16-13-2-1-12(9-14(13)21-22-16)18-19-5-8-25-18;2-1-3/h1-2,5,8-9,11,15H,3-4,6-7,10H2,(H,20,24)(H,21,22);1H,(H,2,3)/t15-;/m1./s1. The predicted octanol–water partition coefficient (Wildman–Crippen LogP) is 2.21. The van der Waals surface area contributed by atoms with Gasteiger partial charge in [-0.05, 0) is 44.0 Å². The van der Waals surface area contributed by atoms with Gasteiger partial charge >= 0.3 is 0 Å². The summed E-state index contributed by atoms with van der Waals surface area (Å²) < 4.78 is 0. The van der Waals surface area contributed by atoms with Crippen LogP contribution in [0.2, 0.25) is 0 Å². The zero-order valence-corrected chi connectivity index (χ0v) is 16.0. The molecule has 1 aromatic carbocycles. The van der Waals surface area contributed by atoms with E-state index >= 15 is 0 Å². The summed E-state index contributed by atoms with van der Waals surface area (Å²) in [7, 11) is 0. The SMILES string of the molecule is O=C(N[C@@H]1CN2CCC1CC2)c1n[nH]c2cc(-c3nccs3)ccc12.O=CO. The molecule has 146 valence electrons. The zero-order chi connectivity index (χ0) is 19.5. The normalized spacial score (nSPS) is 23.1. The maximum atomic E-state index is 12.8. The van der Waals surface area contributed by atoms with Crippen molar-refractivity contribution in [1.29, 1.82) is 0 Å². The van der Waals surface area contributed by atoms with Crippen LogP contribution < -0.4 is 5.32 Å². The molecule has 28 heavy (non-hydrogen) atoms. The van der Waals surface area contributed by atoms with Crippen molar-refractivity contribution in [1.82, 2.24) is 25.4 Å². The Morgan fingerprint density at radius 1 is 1.36 bits per heavy atom. The minimum atomic E-state index is -0.250. The quantitative estimate of drug-likeness (QED) is 0.582. The second-order valence-corrected chi connectivity index (χ2v) is 7.89. The third kappa shape index (κ3) is 3.63. The molecule has 0 unspecified atom stereocenters. The zero-order valence-electron chi connectivity index (χ0n) is 15.2. The summed E-state index contributed by atoms with van der Waals surface area (Å²) in [5.74, 6) is 0.530. The van der Waals surface area contributed by atoms with E-state index in [-0.39, 0.29) is 18.4 Å². The maximum Gasteiger partial charge on any atom is 0.290 e. The predicted molar refractivity (Wildman–Crippen MR) is 106 cm³/mol. The second kappa shape index (κ2) is 8.07. The van der Waals surface area contributed by atoms with E-state index in [0.29, 0.717) is 11.6 Å². The number of carbonyl (C=O) groups is 2. The van der Waals surface area contributed by atoms with Crippen LogP contribution in [0.25, 0.3) is 21.5 Å². The van der Waals surface area contributed by atoms with Gasteiger partial charge in [-0.3, -0.25) is 14.7 Å². The number of aromatic nitrogens is 3. The lowest BCUT2D eigenvalue weighted by molar-refractivity contribution is -0.122. The highest BCUT2D eigenvalue weighted by Crippen LogP contribution is 2.29. The number of nitrogens with one attached hydrogen (secondary N) is 2. The number of hydrogen-bond donors (Lipinski definition) is 3. The van der Waals surface area contributed by atoms with Gasteiger partial charge in [-0.2, -0.15) is 5.10 Å². The summed E-state index contributed by atoms with van der Waals surface area (Å²) in [4.78, 5) is 27.9. The van der Waals surface area contributed by atoms with Crippen LogP contribution in [0.1, 0.15) is 23.3 Å². The Morgan fingerprint density at radius 2 is 2.14 bits per heavy atom. The van der Waals surface area contributed by atoms with E-state index in [9.17, 15) is 4.79 Å². The van der Waals surface area contributed by atoms with Gasteiger partial charge in [-0.1, -0.05) is 6.07 Å². The molecule has 1 amide bonds. The lowest BCUT2D eigenvalue weighted by atomic mass is 9.84. The maximum absolute atomic E-state index is 12.8. The first kappa shape index (κ1) is 18.6. The monoisotopic (exact) mass is 399 g/mol. The average Bonchev–Trinajstić information content (AvgIpc) is 3.39. The summed E-state index contributed by atoms with van der Waals surface area (Å²) in [6, 6.07) is 6.21. The van der Waals surface area contributed by atoms with E-state index < -0.39 is 0 Å². The van der Waals surface area contributed by atoms with Gasteiger partial charge in [-0.25, -0.2) is 4.98 Å². The molecule has 3 N–H and O–H groups in total. The lowest BCUT2D eigenvalue weighted by Crippen LogP contribution is -2.57. The van der Waals surface area contributed by atoms with Gasteiger partial charge in [0.15, 0.2) is 5.69 Å². The fourth-order valence-electron chi connectivity index (χ4n) is 4.06. The number of aromatic amines is 1. The lowest BCUT2D eigenvalue weighted by Gasteiger charge is -2.44. The van der Waals surface area contributed by atoms with Gasteiger partial charge in [0, 0.05) is 35.1 Å². The number of benzene rings is 1. The molecule has 2 bridgehead atoms. The highest BCUT2D eigenvalue weighted by molar-refractivity contribution is 7.13. The molecule has 0 spiro atoms. The Hall–Kier alpha value is -2.78. The van der Waals surface area contributed by atoms with Crippen LogP contribution in [-0.4, -0.2) is 63.2 Å². The Balaban J connectivity index is 0.000000604. The third-order valence-corrected chi connectivity index (χ3v) is 6.25. The summed E-state index contributed by atoms with van der Waals surface area (Å²) in [5.41, 5.74) is 2.39. The number of nitrogens with zero attached hydrogens (tertiary/aromatic N) is 3. The van der Waals surface area contributed by atoms with Crippen molar-refractivity contribution in [3.05, 3.63) is 35.5 Å². The molecule has 3 aliphatic rings. The first-order valence-corrected chi connectivity index (χ1v) is 10.1. The van der Waals surface area contributed by atoms with E-state index in [1.54, 1.807) is 17.5 Å². The number of carboxylic acid groups (broad SMARTS) is 1. The Labute approximate surface area is 165 Å². The summed E-state index contributed by atoms with van der Waals surface area (Å²) >= 11 is 1.60. The number of piperidine rings is 3. The molecule has 5 heterocycles. The molecule has 1 atom stereocenters. The molecule has 2 aromatic heterocycles. The minimum Gasteiger partial charge on any atom is -0.483 e. The van der Waals surface area contributed by atoms with Crippen LogP contribution in [0.15, 0.2) is 29.8 Å². The van der Waals surface area contributed by atoms with E-state index in [2.05, 4.69) is 25.4 Å². The molecule has 0 aliphatic carbocycles. The van der Waals surface area contributed by atoms with Crippen LogP contribution in [0.3, 0.4) is 0 Å². The van der Waals surface area contributed by atoms with Crippen molar-refractivity contribution >= 4 is 34.6 Å². The molecular weight excluding hydrogens is 378 g/mol. The summed E-state index contributed by atoms with van der Waals surface area (Å²) in [5, 5.41) is 21.2. The second-order valence-electron chi connectivity index (χ2n) is 6.99. The number of rotatable bonds is 3. The molecule has 3 aromatic rings. The van der Waals surface area contributed by atoms with Crippen molar-refractivity contribution in [2.45, 2.75) is 18.9 Å². The van der Waals surface area contributed by atoms with Crippen LogP contribution in [0.4, 0.5) is 0 Å². The van der Waals surface area contributed by atoms with Gasteiger partial charge in [-0.15, -0.1) is 11.3 Å². The van der Waals surface area contributed by atoms with Gasteiger partial charge in [0.2, 0.25) is 0 Å². The molecule has 3 aliphatic heterocycles. The average molecular weight is 399 g/mol. The van der Waals surface area contributed by atoms with E-state index in [1.807, 2.05) is 23.6 Å². The van der Waals surface area contributed by atoms with Crippen LogP contribution in [0, 0.1) is 5.92 Å². The Morgan fingerprint density at radius 3 is 2.79 bits per heavy atom. The van der Waals surface area contributed by atoms with E-state index in [4.69, 9.17) is 9.90 Å². The highest BCUT2D eigenvalue weighted by Gasteiger charge is 2.35. The van der Waals surface area contributed by atoms with Gasteiger partial charge in [0.25, 0.3) is 12.4 Å². The smallest absolute Gasteiger partial charge is 0.290 e. The van der Waals surface area contributed by atoms with E-state index in [1.165, 1.54) is 25.9 Å². The molecule has 8 nitrogen and oxygen atoms in total. The summed E-state index contributed by atoms with van der Waals surface area (Å²) in [6.07, 6.45) is 4.16. The van der Waals surface area contributed by atoms with E-state index in [0.717, 1.165) is 28.0 Å². The van der Waals surface area contributed by atoms with Crippen molar-refractivity contribution < 1.29 is 14.7 Å². The molecule has 0 saturated carbocycles. The Kier molecular flexibility index (Phi) is 5.36. The molecule has 9 heteroatoms. The number of H-pyrrole nitrogens is 1. The van der Waals surface area contributed by atoms with Gasteiger partial charge in [0.1, 0.15) is 5.01 Å². The van der Waals surface area contributed by atoms with Crippen LogP contribution >= 0.6 is 11.3 Å². The molecule has 3 saturated heterocycles. The Bertz CT molecular complexity index is 963. The number of carbonyl (C=O) groups excluding carboxylic acids is 1. The number of fused-ring (bicyclic) bond motifs is 4. The number of thiazole rings is 1. The molecule has 6 rings (SSSR count). The van der Waals surface area contributed by atoms with Crippen molar-refractivity contribution in [3.63, 3.8) is 0 Å². The van der Waals surface area contributed by atoms with Crippen LogP contribution in [0.5, 0.6) is 0 Å². The minimum absolute atomic E-state index is 0.0769.